The summed E-state index contributed by atoms with van der Waals surface area (Å²) >= 11 is 2.82. The van der Waals surface area contributed by atoms with Crippen LogP contribution >= 0.6 is 23.1 Å². The third-order valence-corrected chi connectivity index (χ3v) is 9.26. The third kappa shape index (κ3) is 6.50. The molecule has 0 fully saturated rings. The lowest BCUT2D eigenvalue weighted by Gasteiger charge is -2.13. The van der Waals surface area contributed by atoms with E-state index < -0.39 is 0 Å². The van der Waals surface area contributed by atoms with Gasteiger partial charge in [0.15, 0.2) is 16.7 Å². The number of nitrogens with zero attached hydrogens (tertiary/aromatic N) is 3. The van der Waals surface area contributed by atoms with Gasteiger partial charge in [-0.15, -0.1) is 11.3 Å². The van der Waals surface area contributed by atoms with E-state index in [-0.39, 0.29) is 17.2 Å². The van der Waals surface area contributed by atoms with Crippen LogP contribution in [0.4, 0.5) is 0 Å². The summed E-state index contributed by atoms with van der Waals surface area (Å²) in [5.74, 6) is 0.917. The maximum atomic E-state index is 13.8. The molecule has 5 aromatic rings. The average molecular weight is 611 g/mol. The number of amides is 1. The molecule has 0 atom stereocenters. The molecule has 0 saturated carbocycles. The van der Waals surface area contributed by atoms with Crippen LogP contribution in [0.1, 0.15) is 34.4 Å². The van der Waals surface area contributed by atoms with E-state index in [1.165, 1.54) is 16.6 Å². The maximum Gasteiger partial charge on any atom is 0.267 e. The topological polar surface area (TPSA) is 94.8 Å². The number of thioether (sulfide) groups is 1. The van der Waals surface area contributed by atoms with E-state index in [1.54, 1.807) is 35.3 Å². The summed E-state index contributed by atoms with van der Waals surface area (Å²) in [6.07, 6.45) is 5.66. The first-order valence-electron chi connectivity index (χ1n) is 14.0. The molecule has 2 heterocycles. The molecule has 43 heavy (non-hydrogen) atoms. The van der Waals surface area contributed by atoms with Crippen molar-refractivity contribution in [3.8, 4) is 17.2 Å². The molecular weight excluding hydrogens is 581 g/mol. The summed E-state index contributed by atoms with van der Waals surface area (Å²) in [6, 6.07) is 24.8. The molecule has 0 radical (unpaired) electrons. The van der Waals surface area contributed by atoms with Crippen LogP contribution in [0.25, 0.3) is 15.9 Å². The van der Waals surface area contributed by atoms with Crippen LogP contribution < -0.4 is 20.5 Å². The van der Waals surface area contributed by atoms with E-state index in [4.69, 9.17) is 14.5 Å². The Labute approximate surface area is 257 Å². The molecule has 0 unspecified atom stereocenters. The van der Waals surface area contributed by atoms with Crippen LogP contribution in [-0.2, 0) is 24.2 Å². The van der Waals surface area contributed by atoms with Gasteiger partial charge in [0, 0.05) is 4.88 Å². The zero-order valence-corrected chi connectivity index (χ0v) is 25.2. The zero-order chi connectivity index (χ0) is 29.6. The Morgan fingerprint density at radius 1 is 1.05 bits per heavy atom. The standard InChI is InChI=1S/C33H30N4O4S2/c1-40-27-18-23(16-17-26(27)41-20-22-10-4-2-5-11-22)19-34-36-29(38)21-42-33-35-31-30(25-14-8-9-15-28(25)43-31)32(39)37(33)24-12-6-3-7-13-24/h2-7,10-13,16-19H,8-9,14-15,20-21H2,1H3,(H,36,38)/b34-19+. The Morgan fingerprint density at radius 2 is 1.81 bits per heavy atom. The van der Waals surface area contributed by atoms with Crippen LogP contribution in [-0.4, -0.2) is 34.5 Å². The first kappa shape index (κ1) is 28.7. The number of para-hydroxylation sites is 1. The number of aromatic nitrogens is 2. The number of hydrogen-bond donors (Lipinski definition) is 1. The van der Waals surface area contributed by atoms with Crippen LogP contribution in [0.2, 0.25) is 0 Å². The molecule has 1 aliphatic carbocycles. The van der Waals surface area contributed by atoms with E-state index in [0.29, 0.717) is 28.6 Å². The van der Waals surface area contributed by atoms with E-state index >= 15 is 0 Å². The molecule has 0 bridgehead atoms. The Bertz CT molecular complexity index is 1840. The Kier molecular flexibility index (Phi) is 8.85. The first-order chi connectivity index (χ1) is 21.1. The van der Waals surface area contributed by atoms with Gasteiger partial charge in [-0.25, -0.2) is 10.4 Å². The number of benzene rings is 3. The van der Waals surface area contributed by atoms with Crippen molar-refractivity contribution in [2.75, 3.05) is 12.9 Å². The van der Waals surface area contributed by atoms with Gasteiger partial charge in [-0.2, -0.15) is 5.10 Å². The van der Waals surface area contributed by atoms with E-state index in [0.717, 1.165) is 52.9 Å². The van der Waals surface area contributed by atoms with Crippen molar-refractivity contribution in [3.63, 3.8) is 0 Å². The van der Waals surface area contributed by atoms with Crippen LogP contribution in [0.3, 0.4) is 0 Å². The number of thiophene rings is 1. The molecule has 2 aromatic heterocycles. The number of ether oxygens (including phenoxy) is 2. The second-order valence-electron chi connectivity index (χ2n) is 10.0. The van der Waals surface area contributed by atoms with Gasteiger partial charge < -0.3 is 9.47 Å². The summed E-state index contributed by atoms with van der Waals surface area (Å²) < 4.78 is 13.0. The van der Waals surface area contributed by atoms with Gasteiger partial charge in [0.05, 0.1) is 30.2 Å². The zero-order valence-electron chi connectivity index (χ0n) is 23.6. The number of carbonyl (C=O) groups excluding carboxylic acids is 1. The summed E-state index contributed by atoms with van der Waals surface area (Å²) in [5.41, 5.74) is 6.16. The Hall–Kier alpha value is -4.41. The number of aryl methyl sites for hydroxylation is 2. The fourth-order valence-corrected chi connectivity index (χ4v) is 7.16. The maximum absolute atomic E-state index is 13.8. The highest BCUT2D eigenvalue weighted by atomic mass is 32.2. The number of nitrogens with one attached hydrogen (secondary N) is 1. The normalized spacial score (nSPS) is 12.8. The number of methoxy groups -OCH3 is 1. The van der Waals surface area contributed by atoms with Crippen molar-refractivity contribution in [1.29, 1.82) is 0 Å². The van der Waals surface area contributed by atoms with Gasteiger partial charge in [0.1, 0.15) is 11.4 Å². The molecule has 8 nitrogen and oxygen atoms in total. The monoisotopic (exact) mass is 610 g/mol. The molecular formula is C33H30N4O4S2. The smallest absolute Gasteiger partial charge is 0.267 e. The predicted octanol–water partition coefficient (Wildman–Crippen LogP) is 6.16. The van der Waals surface area contributed by atoms with Crippen molar-refractivity contribution < 1.29 is 14.3 Å². The molecule has 3 aromatic carbocycles. The predicted molar refractivity (Wildman–Crippen MR) is 172 cm³/mol. The quantitative estimate of drug-likeness (QED) is 0.0882. The molecule has 6 rings (SSSR count). The summed E-state index contributed by atoms with van der Waals surface area (Å²) in [6.45, 7) is 0.424. The lowest BCUT2D eigenvalue weighted by Crippen LogP contribution is -2.24. The van der Waals surface area contributed by atoms with Crippen molar-refractivity contribution in [1.82, 2.24) is 15.0 Å². The molecule has 0 saturated heterocycles. The highest BCUT2D eigenvalue weighted by Crippen LogP contribution is 2.35. The minimum Gasteiger partial charge on any atom is -0.493 e. The van der Waals surface area contributed by atoms with Gasteiger partial charge in [0.25, 0.3) is 11.5 Å². The van der Waals surface area contributed by atoms with E-state index in [2.05, 4.69) is 10.5 Å². The van der Waals surface area contributed by atoms with Gasteiger partial charge in [-0.05, 0) is 72.7 Å². The second-order valence-corrected chi connectivity index (χ2v) is 12.1. The fraction of sp³-hybridized carbons (Fsp3) is 0.212. The molecule has 10 heteroatoms. The number of hydrogen-bond acceptors (Lipinski definition) is 8. The minimum absolute atomic E-state index is 0.0444. The summed E-state index contributed by atoms with van der Waals surface area (Å²) in [7, 11) is 1.58. The van der Waals surface area contributed by atoms with E-state index in [1.807, 2.05) is 72.8 Å². The summed E-state index contributed by atoms with van der Waals surface area (Å²) in [5, 5.41) is 5.32. The van der Waals surface area contributed by atoms with E-state index in [9.17, 15) is 9.59 Å². The number of carbonyl (C=O) groups is 1. The molecule has 0 aliphatic heterocycles. The van der Waals surface area contributed by atoms with Gasteiger partial charge >= 0.3 is 0 Å². The summed E-state index contributed by atoms with van der Waals surface area (Å²) in [4.78, 5) is 33.5. The van der Waals surface area contributed by atoms with Crippen molar-refractivity contribution >= 4 is 45.4 Å². The van der Waals surface area contributed by atoms with Crippen LogP contribution in [0.15, 0.2) is 93.9 Å². The van der Waals surface area contributed by atoms with Crippen LogP contribution in [0, 0.1) is 0 Å². The highest BCUT2D eigenvalue weighted by molar-refractivity contribution is 7.99. The van der Waals surface area contributed by atoms with Gasteiger partial charge in [-0.3, -0.25) is 14.2 Å². The SMILES string of the molecule is COc1cc(/C=N/NC(=O)CSc2nc3sc4c(c3c(=O)n2-c2ccccc2)CCCC4)ccc1OCc1ccccc1. The van der Waals surface area contributed by atoms with Gasteiger partial charge in [-0.1, -0.05) is 60.3 Å². The lowest BCUT2D eigenvalue weighted by atomic mass is 9.97. The fourth-order valence-electron chi connectivity index (χ4n) is 5.05. The number of hydrazone groups is 1. The molecule has 1 amide bonds. The number of fused-ring (bicyclic) bond motifs is 3. The molecule has 218 valence electrons. The third-order valence-electron chi connectivity index (χ3n) is 7.13. The van der Waals surface area contributed by atoms with Crippen molar-refractivity contribution in [2.45, 2.75) is 37.4 Å². The molecule has 1 aliphatic rings. The average Bonchev–Trinajstić information content (AvgIpc) is 3.42. The number of rotatable bonds is 10. The van der Waals surface area contributed by atoms with Crippen LogP contribution in [0.5, 0.6) is 11.5 Å². The Morgan fingerprint density at radius 3 is 2.60 bits per heavy atom. The second kappa shape index (κ2) is 13.3. The highest BCUT2D eigenvalue weighted by Gasteiger charge is 2.23. The largest absolute Gasteiger partial charge is 0.493 e. The lowest BCUT2D eigenvalue weighted by molar-refractivity contribution is -0.118. The Balaban J connectivity index is 1.14. The minimum atomic E-state index is -0.310. The first-order valence-corrected chi connectivity index (χ1v) is 15.8. The van der Waals surface area contributed by atoms with Crippen molar-refractivity contribution in [3.05, 3.63) is 111 Å². The molecule has 0 spiro atoms. The van der Waals surface area contributed by atoms with Crippen molar-refractivity contribution in [2.24, 2.45) is 5.10 Å². The molecule has 1 N–H and O–H groups in total. The van der Waals surface area contributed by atoms with Gasteiger partial charge in [0.2, 0.25) is 0 Å².